The number of halogens is 4. The summed E-state index contributed by atoms with van der Waals surface area (Å²) in [7, 11) is 0. The Hall–Kier alpha value is -0.260. The molecule has 1 aliphatic rings. The molecule has 0 aromatic carbocycles. The minimum Gasteiger partial charge on any atom is -0.379 e. The third-order valence-corrected chi connectivity index (χ3v) is 4.37. The maximum atomic E-state index is 12.1. The number of hydrogen-bond acceptors (Lipinski definition) is 3. The molecule has 1 aliphatic heterocycles. The number of carbonyl (C=O) groups is 1. The molecular weight excluding hydrogens is 334 g/mol. The van der Waals surface area contributed by atoms with Crippen LogP contribution in [0.5, 0.6) is 0 Å². The second-order valence-corrected chi connectivity index (χ2v) is 5.57. The summed E-state index contributed by atoms with van der Waals surface area (Å²) in [5.74, 6) is -0.444. The van der Waals surface area contributed by atoms with E-state index in [0.717, 1.165) is 12.8 Å². The van der Waals surface area contributed by atoms with Crippen LogP contribution < -0.4 is 5.32 Å². The van der Waals surface area contributed by atoms with E-state index >= 15 is 0 Å². The Labute approximate surface area is 130 Å². The first-order valence-electron chi connectivity index (χ1n) is 5.59. The van der Waals surface area contributed by atoms with E-state index in [-0.39, 0.29) is 32.0 Å². The van der Waals surface area contributed by atoms with Crippen molar-refractivity contribution in [1.29, 1.82) is 0 Å². The number of carbonyl (C=O) groups excluding carboxylic acids is 1. The van der Waals surface area contributed by atoms with Gasteiger partial charge in [0.2, 0.25) is 0 Å². The summed E-state index contributed by atoms with van der Waals surface area (Å²) in [6.07, 6.45) is 1.74. The first kappa shape index (κ1) is 15.1. The molecule has 1 aromatic heterocycles. The Morgan fingerprint density at radius 1 is 1.21 bits per heavy atom. The van der Waals surface area contributed by atoms with Crippen LogP contribution in [0.15, 0.2) is 0 Å². The fraction of sp³-hybridized carbons (Fsp3) is 0.455. The highest BCUT2D eigenvalue weighted by molar-refractivity contribution is 6.52. The van der Waals surface area contributed by atoms with Crippen molar-refractivity contribution < 1.29 is 9.53 Å². The van der Waals surface area contributed by atoms with Crippen LogP contribution in [-0.2, 0) is 4.74 Å². The summed E-state index contributed by atoms with van der Waals surface area (Å²) >= 11 is 23.4. The van der Waals surface area contributed by atoms with Gasteiger partial charge in [0, 0.05) is 6.61 Å². The summed E-state index contributed by atoms with van der Waals surface area (Å²) in [5, 5.41) is 2.77. The Morgan fingerprint density at radius 2 is 1.95 bits per heavy atom. The molecule has 0 aliphatic carbocycles. The Bertz CT molecular complexity index is 504. The van der Waals surface area contributed by atoms with Crippen LogP contribution >= 0.6 is 46.4 Å². The van der Waals surface area contributed by atoms with Crippen molar-refractivity contribution in [2.45, 2.75) is 18.9 Å². The monoisotopic (exact) mass is 342 g/mol. The molecule has 2 heterocycles. The molecule has 1 fully saturated rings. The van der Waals surface area contributed by atoms with E-state index in [2.05, 4.69) is 10.3 Å². The predicted octanol–water partition coefficient (Wildman–Crippen LogP) is 3.60. The van der Waals surface area contributed by atoms with Gasteiger partial charge < -0.3 is 10.1 Å². The van der Waals surface area contributed by atoms with Gasteiger partial charge in [-0.3, -0.25) is 4.79 Å². The van der Waals surface area contributed by atoms with Gasteiger partial charge in [-0.1, -0.05) is 46.4 Å². The van der Waals surface area contributed by atoms with Gasteiger partial charge in [0.05, 0.1) is 27.7 Å². The molecule has 0 radical (unpaired) electrons. The summed E-state index contributed by atoms with van der Waals surface area (Å²) < 4.78 is 5.27. The van der Waals surface area contributed by atoms with Crippen LogP contribution in [0.3, 0.4) is 0 Å². The molecule has 4 nitrogen and oxygen atoms in total. The van der Waals surface area contributed by atoms with Gasteiger partial charge in [-0.05, 0) is 12.8 Å². The number of rotatable bonds is 2. The van der Waals surface area contributed by atoms with Crippen LogP contribution in [-0.4, -0.2) is 30.1 Å². The zero-order chi connectivity index (χ0) is 14.0. The topological polar surface area (TPSA) is 51.2 Å². The van der Waals surface area contributed by atoms with Crippen LogP contribution in [0.25, 0.3) is 0 Å². The molecule has 1 atom stereocenters. The average molecular weight is 344 g/mol. The van der Waals surface area contributed by atoms with E-state index in [4.69, 9.17) is 51.1 Å². The van der Waals surface area contributed by atoms with Gasteiger partial charge in [0.15, 0.2) is 0 Å². The molecule has 0 spiro atoms. The maximum Gasteiger partial charge on any atom is 0.271 e. The molecule has 0 bridgehead atoms. The Morgan fingerprint density at radius 3 is 2.58 bits per heavy atom. The lowest BCUT2D eigenvalue weighted by Gasteiger charge is -2.23. The van der Waals surface area contributed by atoms with Crippen molar-refractivity contribution in [3.05, 3.63) is 25.9 Å². The fourth-order valence-corrected chi connectivity index (χ4v) is 2.56. The molecule has 1 unspecified atom stereocenters. The fourth-order valence-electron chi connectivity index (χ4n) is 1.75. The number of amides is 1. The summed E-state index contributed by atoms with van der Waals surface area (Å²) in [6, 6.07) is -0.0626. The van der Waals surface area contributed by atoms with E-state index in [1.54, 1.807) is 0 Å². The number of aromatic nitrogens is 1. The van der Waals surface area contributed by atoms with Crippen LogP contribution in [0.1, 0.15) is 23.3 Å². The number of nitrogens with zero attached hydrogens (tertiary/aromatic N) is 1. The van der Waals surface area contributed by atoms with Gasteiger partial charge in [-0.15, -0.1) is 0 Å². The molecule has 104 valence electrons. The average Bonchev–Trinajstić information content (AvgIpc) is 2.41. The third kappa shape index (κ3) is 3.44. The molecule has 0 saturated carbocycles. The second kappa shape index (κ2) is 6.46. The first-order valence-corrected chi connectivity index (χ1v) is 7.10. The van der Waals surface area contributed by atoms with Crippen molar-refractivity contribution in [3.63, 3.8) is 0 Å². The van der Waals surface area contributed by atoms with E-state index in [9.17, 15) is 4.79 Å². The molecule has 1 saturated heterocycles. The van der Waals surface area contributed by atoms with E-state index in [1.807, 2.05) is 0 Å². The molecule has 1 aromatic rings. The summed E-state index contributed by atoms with van der Waals surface area (Å²) in [6.45, 7) is 1.18. The molecule has 1 N–H and O–H groups in total. The number of nitrogens with one attached hydrogen (secondary N) is 1. The molecule has 8 heteroatoms. The quantitative estimate of drug-likeness (QED) is 0.834. The SMILES string of the molecule is O=C(NC1CCCOC1)c1nc(Cl)c(Cl)c(Cl)c1Cl. The molecule has 19 heavy (non-hydrogen) atoms. The summed E-state index contributed by atoms with van der Waals surface area (Å²) in [5.41, 5.74) is -0.0355. The van der Waals surface area contributed by atoms with E-state index in [0.29, 0.717) is 13.2 Å². The van der Waals surface area contributed by atoms with Gasteiger partial charge in [-0.25, -0.2) is 4.98 Å². The zero-order valence-electron chi connectivity index (χ0n) is 9.68. The normalized spacial score (nSPS) is 19.3. The van der Waals surface area contributed by atoms with Crippen molar-refractivity contribution in [1.82, 2.24) is 10.3 Å². The Balaban J connectivity index is 2.19. The van der Waals surface area contributed by atoms with Gasteiger partial charge in [-0.2, -0.15) is 0 Å². The van der Waals surface area contributed by atoms with Gasteiger partial charge >= 0.3 is 0 Å². The van der Waals surface area contributed by atoms with Crippen molar-refractivity contribution in [2.75, 3.05) is 13.2 Å². The van der Waals surface area contributed by atoms with Gasteiger partial charge in [0.1, 0.15) is 10.8 Å². The first-order chi connectivity index (χ1) is 9.00. The maximum absolute atomic E-state index is 12.1. The van der Waals surface area contributed by atoms with E-state index < -0.39 is 5.91 Å². The zero-order valence-corrected chi connectivity index (χ0v) is 12.7. The largest absolute Gasteiger partial charge is 0.379 e. The van der Waals surface area contributed by atoms with Crippen molar-refractivity contribution in [3.8, 4) is 0 Å². The predicted molar refractivity (Wildman–Crippen MR) is 75.6 cm³/mol. The third-order valence-electron chi connectivity index (χ3n) is 2.69. The number of hydrogen-bond donors (Lipinski definition) is 1. The highest BCUT2D eigenvalue weighted by atomic mass is 35.5. The number of pyridine rings is 1. The Kier molecular flexibility index (Phi) is 5.15. The molecule has 1 amide bonds. The molecular formula is C11H10Cl4N2O2. The second-order valence-electron chi connectivity index (χ2n) is 4.08. The lowest BCUT2D eigenvalue weighted by Crippen LogP contribution is -2.41. The minimum atomic E-state index is -0.444. The van der Waals surface area contributed by atoms with Crippen LogP contribution in [0.4, 0.5) is 0 Å². The minimum absolute atomic E-state index is 0.00899. The highest BCUT2D eigenvalue weighted by Gasteiger charge is 2.23. The smallest absolute Gasteiger partial charge is 0.271 e. The van der Waals surface area contributed by atoms with Crippen LogP contribution in [0, 0.1) is 0 Å². The van der Waals surface area contributed by atoms with E-state index in [1.165, 1.54) is 0 Å². The van der Waals surface area contributed by atoms with Crippen molar-refractivity contribution >= 4 is 52.3 Å². The lowest BCUT2D eigenvalue weighted by molar-refractivity contribution is 0.0622. The molecule has 2 rings (SSSR count). The van der Waals surface area contributed by atoms with Gasteiger partial charge in [0.25, 0.3) is 5.91 Å². The highest BCUT2D eigenvalue weighted by Crippen LogP contribution is 2.36. The van der Waals surface area contributed by atoms with Crippen molar-refractivity contribution in [2.24, 2.45) is 0 Å². The standard InChI is InChI=1S/C11H10Cl4N2O2/c12-6-7(13)9(17-10(15)8(6)14)11(18)16-5-2-1-3-19-4-5/h5H,1-4H2,(H,16,18). The summed E-state index contributed by atoms with van der Waals surface area (Å²) in [4.78, 5) is 15.9. The lowest BCUT2D eigenvalue weighted by atomic mass is 10.1. The van der Waals surface area contributed by atoms with Crippen LogP contribution in [0.2, 0.25) is 20.2 Å². The number of ether oxygens (including phenoxy) is 1.